The van der Waals surface area contributed by atoms with Gasteiger partial charge in [-0.05, 0) is 61.6 Å². The van der Waals surface area contributed by atoms with Crippen molar-refractivity contribution in [1.82, 2.24) is 0 Å². The second kappa shape index (κ2) is 13.4. The number of rotatable bonds is 12. The van der Waals surface area contributed by atoms with E-state index in [0.717, 1.165) is 11.4 Å². The third-order valence-electron chi connectivity index (χ3n) is 6.80. The highest BCUT2D eigenvalue weighted by Gasteiger charge is 2.20. The van der Waals surface area contributed by atoms with Gasteiger partial charge in [0, 0.05) is 23.3 Å². The molecule has 0 spiro atoms. The number of Topliss-reactive ketones (excluding diaryl/α,β-unsaturated/α-hetero) is 1. The molecule has 5 nitrogen and oxygen atoms in total. The second-order valence-corrected chi connectivity index (χ2v) is 10.7. The third-order valence-corrected chi connectivity index (χ3v) is 7.87. The van der Waals surface area contributed by atoms with Crippen LogP contribution in [0.15, 0.2) is 54.6 Å². The summed E-state index contributed by atoms with van der Waals surface area (Å²) in [4.78, 5) is 27.0. The van der Waals surface area contributed by atoms with Crippen LogP contribution in [0.1, 0.15) is 74.0 Å². The van der Waals surface area contributed by atoms with Crippen molar-refractivity contribution in [3.63, 3.8) is 0 Å². The fraction of sp³-hybridized carbons (Fsp3) is 0.419. The Balaban J connectivity index is 1.40. The molecule has 1 fully saturated rings. The van der Waals surface area contributed by atoms with Crippen molar-refractivity contribution in [3.05, 3.63) is 65.0 Å². The maximum absolute atomic E-state index is 12.8. The average molecular weight is 520 g/mol. The van der Waals surface area contributed by atoms with Crippen LogP contribution in [0.4, 0.5) is 5.00 Å². The molecule has 1 aromatic heterocycles. The van der Waals surface area contributed by atoms with E-state index in [1.165, 1.54) is 48.1 Å². The highest BCUT2D eigenvalue weighted by atomic mass is 32.1. The van der Waals surface area contributed by atoms with Gasteiger partial charge in [-0.2, -0.15) is 0 Å². The Hall–Kier alpha value is -3.12. The topological polar surface area (TPSA) is 64.6 Å². The number of hydrogen-bond acceptors (Lipinski definition) is 5. The zero-order valence-corrected chi connectivity index (χ0v) is 22.7. The number of nitrogens with one attached hydrogen (secondary N) is 1. The van der Waals surface area contributed by atoms with Crippen LogP contribution >= 0.6 is 11.3 Å². The molecule has 0 aliphatic heterocycles. The number of amides is 1. The monoisotopic (exact) mass is 519 g/mol. The SMILES string of the molecule is CCOc1ccc(C(=O)CCC(=O)Nc2cc(-c3ccccc3)c(CC3CCCCC3)s2)cc1OCC. The molecule has 4 rings (SSSR count). The molecule has 1 amide bonds. The number of ether oxygens (including phenoxy) is 2. The van der Waals surface area contributed by atoms with Gasteiger partial charge < -0.3 is 14.8 Å². The van der Waals surface area contributed by atoms with Crippen LogP contribution in [0.2, 0.25) is 0 Å². The second-order valence-electron chi connectivity index (χ2n) is 9.52. The van der Waals surface area contributed by atoms with Gasteiger partial charge in [-0.3, -0.25) is 9.59 Å². The van der Waals surface area contributed by atoms with Crippen molar-refractivity contribution < 1.29 is 19.1 Å². The van der Waals surface area contributed by atoms with Gasteiger partial charge in [-0.1, -0.05) is 62.4 Å². The summed E-state index contributed by atoms with van der Waals surface area (Å²) in [5.74, 6) is 1.65. The Labute approximate surface area is 224 Å². The summed E-state index contributed by atoms with van der Waals surface area (Å²) in [5, 5.41) is 3.91. The van der Waals surface area contributed by atoms with Crippen LogP contribution in [-0.2, 0) is 11.2 Å². The van der Waals surface area contributed by atoms with Gasteiger partial charge in [0.15, 0.2) is 17.3 Å². The maximum Gasteiger partial charge on any atom is 0.225 e. The number of benzene rings is 2. The summed E-state index contributed by atoms with van der Waals surface area (Å²) in [5.41, 5.74) is 2.91. The number of hydrogen-bond donors (Lipinski definition) is 1. The molecule has 1 N–H and O–H groups in total. The number of carbonyl (C=O) groups excluding carboxylic acids is 2. The molecule has 196 valence electrons. The fourth-order valence-electron chi connectivity index (χ4n) is 4.95. The van der Waals surface area contributed by atoms with Gasteiger partial charge >= 0.3 is 0 Å². The molecule has 3 aromatic rings. The Morgan fingerprint density at radius 1 is 0.892 bits per heavy atom. The maximum atomic E-state index is 12.8. The number of anilines is 1. The van der Waals surface area contributed by atoms with E-state index in [4.69, 9.17) is 9.47 Å². The van der Waals surface area contributed by atoms with Crippen LogP contribution in [-0.4, -0.2) is 24.9 Å². The molecule has 1 aliphatic carbocycles. The van der Waals surface area contributed by atoms with E-state index < -0.39 is 0 Å². The molecule has 37 heavy (non-hydrogen) atoms. The third kappa shape index (κ3) is 7.45. The lowest BCUT2D eigenvalue weighted by Crippen LogP contribution is -2.13. The molecule has 0 saturated heterocycles. The van der Waals surface area contributed by atoms with Gasteiger partial charge in [-0.15, -0.1) is 11.3 Å². The lowest BCUT2D eigenvalue weighted by Gasteiger charge is -2.21. The van der Waals surface area contributed by atoms with Gasteiger partial charge in [0.2, 0.25) is 5.91 Å². The summed E-state index contributed by atoms with van der Waals surface area (Å²) in [6.45, 7) is 4.80. The largest absolute Gasteiger partial charge is 0.490 e. The first-order valence-corrected chi connectivity index (χ1v) is 14.3. The molecular formula is C31H37NO4S. The average Bonchev–Trinajstić information content (AvgIpc) is 3.31. The van der Waals surface area contributed by atoms with E-state index in [9.17, 15) is 9.59 Å². The molecule has 0 unspecified atom stereocenters. The van der Waals surface area contributed by atoms with Gasteiger partial charge in [0.1, 0.15) is 0 Å². The standard InChI is InChI=1S/C31H37NO4S/c1-3-35-27-17-15-24(20-28(27)36-4-2)26(33)16-18-30(34)32-31-21-25(23-13-9-6-10-14-23)29(37-31)19-22-11-7-5-8-12-22/h6,9-10,13-15,17,20-22H,3-5,7-8,11-12,16,18-19H2,1-2H3,(H,32,34). The van der Waals surface area contributed by atoms with Gasteiger partial charge in [0.05, 0.1) is 18.2 Å². The zero-order valence-electron chi connectivity index (χ0n) is 21.9. The molecule has 0 atom stereocenters. The van der Waals surface area contributed by atoms with Crippen LogP contribution in [0.3, 0.4) is 0 Å². The number of ketones is 1. The lowest BCUT2D eigenvalue weighted by atomic mass is 9.86. The molecule has 2 aromatic carbocycles. The molecule has 0 bridgehead atoms. The predicted octanol–water partition coefficient (Wildman–Crippen LogP) is 7.94. The van der Waals surface area contributed by atoms with E-state index >= 15 is 0 Å². The predicted molar refractivity (Wildman–Crippen MR) is 151 cm³/mol. The van der Waals surface area contributed by atoms with Gasteiger partial charge in [-0.25, -0.2) is 0 Å². The van der Waals surface area contributed by atoms with Crippen molar-refractivity contribution in [2.24, 2.45) is 5.92 Å². The van der Waals surface area contributed by atoms with E-state index in [0.29, 0.717) is 36.2 Å². The van der Waals surface area contributed by atoms with E-state index in [-0.39, 0.29) is 24.5 Å². The Kier molecular flexibility index (Phi) is 9.78. The van der Waals surface area contributed by atoms with Crippen molar-refractivity contribution in [3.8, 4) is 22.6 Å². The van der Waals surface area contributed by atoms with Crippen LogP contribution < -0.4 is 14.8 Å². The molecule has 1 saturated carbocycles. The first-order valence-electron chi connectivity index (χ1n) is 13.5. The van der Waals surface area contributed by atoms with E-state index in [1.54, 1.807) is 29.5 Å². The number of thiophene rings is 1. The minimum Gasteiger partial charge on any atom is -0.490 e. The van der Waals surface area contributed by atoms with E-state index in [2.05, 4.69) is 35.6 Å². The van der Waals surface area contributed by atoms with Gasteiger partial charge in [0.25, 0.3) is 0 Å². The first-order chi connectivity index (χ1) is 18.1. The number of carbonyl (C=O) groups is 2. The Morgan fingerprint density at radius 2 is 1.62 bits per heavy atom. The van der Waals surface area contributed by atoms with Crippen molar-refractivity contribution >= 4 is 28.0 Å². The van der Waals surface area contributed by atoms with Crippen molar-refractivity contribution in [1.29, 1.82) is 0 Å². The quantitative estimate of drug-likeness (QED) is 0.247. The van der Waals surface area contributed by atoms with Crippen LogP contribution in [0.5, 0.6) is 11.5 Å². The summed E-state index contributed by atoms with van der Waals surface area (Å²) in [6.07, 6.45) is 7.87. The normalized spacial score (nSPS) is 13.8. The van der Waals surface area contributed by atoms with Crippen LogP contribution in [0.25, 0.3) is 11.1 Å². The zero-order chi connectivity index (χ0) is 26.0. The Morgan fingerprint density at radius 3 is 2.35 bits per heavy atom. The molecule has 0 radical (unpaired) electrons. The first kappa shape index (κ1) is 26.9. The summed E-state index contributed by atoms with van der Waals surface area (Å²) >= 11 is 1.67. The molecule has 6 heteroatoms. The highest BCUT2D eigenvalue weighted by Crippen LogP contribution is 2.39. The Bertz CT molecular complexity index is 1180. The minimum atomic E-state index is -0.144. The highest BCUT2D eigenvalue weighted by molar-refractivity contribution is 7.16. The smallest absolute Gasteiger partial charge is 0.225 e. The molecular weight excluding hydrogens is 482 g/mol. The minimum absolute atomic E-state index is 0.0895. The molecule has 1 heterocycles. The summed E-state index contributed by atoms with van der Waals surface area (Å²) in [7, 11) is 0. The lowest BCUT2D eigenvalue weighted by molar-refractivity contribution is -0.116. The van der Waals surface area contributed by atoms with Crippen molar-refractivity contribution in [2.75, 3.05) is 18.5 Å². The van der Waals surface area contributed by atoms with E-state index in [1.807, 2.05) is 19.9 Å². The summed E-state index contributed by atoms with van der Waals surface area (Å²) < 4.78 is 11.2. The van der Waals surface area contributed by atoms with Crippen LogP contribution in [0, 0.1) is 5.92 Å². The summed E-state index contributed by atoms with van der Waals surface area (Å²) in [6, 6.07) is 17.7. The molecule has 1 aliphatic rings. The van der Waals surface area contributed by atoms with Crippen molar-refractivity contribution in [2.45, 2.75) is 65.2 Å². The fourth-order valence-corrected chi connectivity index (χ4v) is 6.17.